The van der Waals surface area contributed by atoms with Crippen molar-refractivity contribution in [2.45, 2.75) is 20.3 Å². The number of anilines is 1. The number of hydrogen-bond acceptors (Lipinski definition) is 4. The van der Waals surface area contributed by atoms with Crippen LogP contribution in [0.2, 0.25) is 0 Å². The molecule has 2 N–H and O–H groups in total. The van der Waals surface area contributed by atoms with Gasteiger partial charge in [0.1, 0.15) is 0 Å². The van der Waals surface area contributed by atoms with E-state index in [-0.39, 0.29) is 12.3 Å². The van der Waals surface area contributed by atoms with Crippen LogP contribution in [0.5, 0.6) is 0 Å². The predicted octanol–water partition coefficient (Wildman–Crippen LogP) is 2.34. The minimum Gasteiger partial charge on any atom is -0.466 e. The number of esters is 1. The molecule has 1 heterocycles. The third kappa shape index (κ3) is 3.31. The Hall–Kier alpha value is -2.56. The van der Waals surface area contributed by atoms with E-state index in [9.17, 15) is 9.59 Å². The number of benzene rings is 1. The van der Waals surface area contributed by atoms with E-state index in [1.165, 1.54) is 7.11 Å². The van der Waals surface area contributed by atoms with E-state index in [1.54, 1.807) is 6.92 Å². The number of hydrogen-bond donors (Lipinski definition) is 2. The summed E-state index contributed by atoms with van der Waals surface area (Å²) in [6, 6.07) is 9.20. The lowest BCUT2D eigenvalue weighted by atomic mass is 9.97. The highest BCUT2D eigenvalue weighted by Gasteiger charge is 2.25. The molecule has 1 aliphatic heterocycles. The summed E-state index contributed by atoms with van der Waals surface area (Å²) in [5.41, 5.74) is 3.18. The first kappa shape index (κ1) is 14.8. The van der Waals surface area contributed by atoms with Crippen LogP contribution in [0.4, 0.5) is 5.69 Å². The summed E-state index contributed by atoms with van der Waals surface area (Å²) in [6.07, 6.45) is 0.260. The van der Waals surface area contributed by atoms with Gasteiger partial charge in [0.25, 0.3) is 5.91 Å². The Bertz CT molecular complexity index is 630. The van der Waals surface area contributed by atoms with E-state index in [4.69, 9.17) is 4.74 Å². The third-order valence-corrected chi connectivity index (χ3v) is 3.37. The number of dihydropyridines is 1. The van der Waals surface area contributed by atoms with Gasteiger partial charge in [-0.25, -0.2) is 4.79 Å². The number of nitrogens with one attached hydrogen (secondary N) is 2. The standard InChI is InChI=1S/C16H18N2O3/c1-10-13(9-14(11(2)17-10)16(20)21-3)15(19)18-12-7-5-4-6-8-12/h4-8,17H,9H2,1-3H3,(H,18,19). The zero-order valence-corrected chi connectivity index (χ0v) is 12.3. The number of rotatable bonds is 3. The lowest BCUT2D eigenvalue weighted by Crippen LogP contribution is -2.28. The number of ether oxygens (including phenoxy) is 1. The molecule has 1 aliphatic rings. The zero-order chi connectivity index (χ0) is 15.4. The van der Waals surface area contributed by atoms with Crippen LogP contribution in [0.3, 0.4) is 0 Å². The van der Waals surface area contributed by atoms with Gasteiger partial charge >= 0.3 is 5.97 Å². The van der Waals surface area contributed by atoms with E-state index >= 15 is 0 Å². The van der Waals surface area contributed by atoms with Gasteiger partial charge in [0.15, 0.2) is 0 Å². The van der Waals surface area contributed by atoms with Crippen LogP contribution < -0.4 is 10.6 Å². The molecule has 21 heavy (non-hydrogen) atoms. The predicted molar refractivity (Wildman–Crippen MR) is 80.2 cm³/mol. The molecule has 1 amide bonds. The Morgan fingerprint density at radius 2 is 1.71 bits per heavy atom. The van der Waals surface area contributed by atoms with Gasteiger partial charge in [0, 0.05) is 29.1 Å². The van der Waals surface area contributed by atoms with Crippen molar-refractivity contribution < 1.29 is 14.3 Å². The van der Waals surface area contributed by atoms with Crippen molar-refractivity contribution >= 4 is 17.6 Å². The van der Waals surface area contributed by atoms with E-state index in [0.717, 1.165) is 11.4 Å². The fraction of sp³-hybridized carbons (Fsp3) is 0.250. The molecule has 0 bridgehead atoms. The fourth-order valence-corrected chi connectivity index (χ4v) is 2.20. The van der Waals surface area contributed by atoms with E-state index < -0.39 is 5.97 Å². The molecule has 0 saturated carbocycles. The van der Waals surface area contributed by atoms with Gasteiger partial charge in [-0.1, -0.05) is 18.2 Å². The van der Waals surface area contributed by atoms with Crippen LogP contribution >= 0.6 is 0 Å². The Labute approximate surface area is 123 Å². The van der Waals surface area contributed by atoms with Crippen molar-refractivity contribution in [2.24, 2.45) is 0 Å². The van der Waals surface area contributed by atoms with Crippen LogP contribution in [-0.2, 0) is 14.3 Å². The van der Waals surface area contributed by atoms with E-state index in [2.05, 4.69) is 10.6 Å². The van der Waals surface area contributed by atoms with Gasteiger partial charge in [-0.2, -0.15) is 0 Å². The molecule has 110 valence electrons. The molecule has 0 aliphatic carbocycles. The summed E-state index contributed by atoms with van der Waals surface area (Å²) in [7, 11) is 1.33. The van der Waals surface area contributed by atoms with Crippen LogP contribution in [0.25, 0.3) is 0 Å². The van der Waals surface area contributed by atoms with Gasteiger partial charge in [0.2, 0.25) is 0 Å². The molecule has 1 aromatic rings. The molecule has 0 unspecified atom stereocenters. The highest BCUT2D eigenvalue weighted by Crippen LogP contribution is 2.24. The molecular formula is C16H18N2O3. The molecule has 0 aromatic heterocycles. The molecule has 1 aromatic carbocycles. The molecule has 0 radical (unpaired) electrons. The lowest BCUT2D eigenvalue weighted by molar-refractivity contribution is -0.136. The SMILES string of the molecule is COC(=O)C1=C(C)NC(C)=C(C(=O)Nc2ccccc2)C1. The summed E-state index contributed by atoms with van der Waals surface area (Å²) in [5, 5.41) is 5.88. The Balaban J connectivity index is 2.18. The summed E-state index contributed by atoms with van der Waals surface area (Å²) in [6.45, 7) is 3.61. The fourth-order valence-electron chi connectivity index (χ4n) is 2.20. The van der Waals surface area contributed by atoms with Crippen molar-refractivity contribution in [1.82, 2.24) is 5.32 Å². The molecule has 0 atom stereocenters. The molecule has 0 spiro atoms. The number of allylic oxidation sites excluding steroid dienone is 2. The Morgan fingerprint density at radius 1 is 1.10 bits per heavy atom. The maximum atomic E-state index is 12.4. The van der Waals surface area contributed by atoms with Crippen molar-refractivity contribution in [1.29, 1.82) is 0 Å². The number of methoxy groups -OCH3 is 1. The van der Waals surface area contributed by atoms with Crippen molar-refractivity contribution in [3.63, 3.8) is 0 Å². The topological polar surface area (TPSA) is 67.4 Å². The molecule has 5 nitrogen and oxygen atoms in total. The van der Waals surface area contributed by atoms with Crippen LogP contribution in [0.1, 0.15) is 20.3 Å². The molecule has 2 rings (SSSR count). The van der Waals surface area contributed by atoms with E-state index in [1.807, 2.05) is 37.3 Å². The summed E-state index contributed by atoms with van der Waals surface area (Å²) < 4.78 is 4.75. The van der Waals surface area contributed by atoms with Gasteiger partial charge in [-0.05, 0) is 26.0 Å². The quantitative estimate of drug-likeness (QED) is 0.837. The lowest BCUT2D eigenvalue weighted by Gasteiger charge is -2.22. The number of carbonyl (C=O) groups is 2. The van der Waals surface area contributed by atoms with Crippen molar-refractivity contribution in [2.75, 3.05) is 12.4 Å². The third-order valence-electron chi connectivity index (χ3n) is 3.37. The maximum absolute atomic E-state index is 12.4. The average molecular weight is 286 g/mol. The smallest absolute Gasteiger partial charge is 0.335 e. The first-order chi connectivity index (χ1) is 10.0. The van der Waals surface area contributed by atoms with Gasteiger partial charge < -0.3 is 15.4 Å². The molecule has 0 fully saturated rings. The minimum atomic E-state index is -0.419. The second kappa shape index (κ2) is 6.26. The largest absolute Gasteiger partial charge is 0.466 e. The monoisotopic (exact) mass is 286 g/mol. The molecule has 0 saturated heterocycles. The molecule has 5 heteroatoms. The summed E-state index contributed by atoms with van der Waals surface area (Å²) in [4.78, 5) is 24.1. The summed E-state index contributed by atoms with van der Waals surface area (Å²) >= 11 is 0. The van der Waals surface area contributed by atoms with Crippen LogP contribution in [0, 0.1) is 0 Å². The van der Waals surface area contributed by atoms with Crippen molar-refractivity contribution in [3.05, 3.63) is 52.9 Å². The number of amides is 1. The second-order valence-electron chi connectivity index (χ2n) is 4.82. The first-order valence-corrected chi connectivity index (χ1v) is 6.64. The Kier molecular flexibility index (Phi) is 4.42. The van der Waals surface area contributed by atoms with Gasteiger partial charge in [-0.3, -0.25) is 4.79 Å². The highest BCUT2D eigenvalue weighted by molar-refractivity contribution is 6.06. The van der Waals surface area contributed by atoms with E-state index in [0.29, 0.717) is 16.8 Å². The number of para-hydroxylation sites is 1. The minimum absolute atomic E-state index is 0.222. The average Bonchev–Trinajstić information content (AvgIpc) is 2.47. The molecular weight excluding hydrogens is 268 g/mol. The van der Waals surface area contributed by atoms with Crippen LogP contribution in [-0.4, -0.2) is 19.0 Å². The second-order valence-corrected chi connectivity index (χ2v) is 4.82. The van der Waals surface area contributed by atoms with Gasteiger partial charge in [-0.15, -0.1) is 0 Å². The van der Waals surface area contributed by atoms with Crippen LogP contribution in [0.15, 0.2) is 52.9 Å². The Morgan fingerprint density at radius 3 is 2.33 bits per heavy atom. The van der Waals surface area contributed by atoms with Crippen molar-refractivity contribution in [3.8, 4) is 0 Å². The first-order valence-electron chi connectivity index (χ1n) is 6.64. The maximum Gasteiger partial charge on any atom is 0.335 e. The highest BCUT2D eigenvalue weighted by atomic mass is 16.5. The normalized spacial score (nSPS) is 14.6. The zero-order valence-electron chi connectivity index (χ0n) is 12.3. The van der Waals surface area contributed by atoms with Gasteiger partial charge in [0.05, 0.1) is 12.7 Å². The summed E-state index contributed by atoms with van der Waals surface area (Å²) in [5.74, 6) is -0.641. The number of carbonyl (C=O) groups excluding carboxylic acids is 2.